The number of morpholine rings is 1. The predicted octanol–water partition coefficient (Wildman–Crippen LogP) is 3.25. The number of halogens is 1. The van der Waals surface area contributed by atoms with Gasteiger partial charge in [-0.05, 0) is 18.6 Å². The van der Waals surface area contributed by atoms with Crippen molar-refractivity contribution in [3.63, 3.8) is 0 Å². The molecule has 2 unspecified atom stereocenters. The van der Waals surface area contributed by atoms with Crippen LogP contribution in [0.3, 0.4) is 0 Å². The zero-order valence-corrected chi connectivity index (χ0v) is 14.4. The molecule has 0 spiro atoms. The van der Waals surface area contributed by atoms with E-state index in [0.717, 1.165) is 16.7 Å². The van der Waals surface area contributed by atoms with Crippen molar-refractivity contribution in [3.05, 3.63) is 70.2 Å². The van der Waals surface area contributed by atoms with E-state index >= 15 is 0 Å². The van der Waals surface area contributed by atoms with Gasteiger partial charge in [-0.2, -0.15) is 0 Å². The highest BCUT2D eigenvalue weighted by molar-refractivity contribution is 6.31. The molecular weight excluding hydrogens is 324 g/mol. The van der Waals surface area contributed by atoms with E-state index in [1.165, 1.54) is 0 Å². The van der Waals surface area contributed by atoms with Crippen molar-refractivity contribution >= 4 is 17.5 Å². The van der Waals surface area contributed by atoms with Crippen LogP contribution in [-0.4, -0.2) is 30.5 Å². The number of hydrogen-bond acceptors (Lipinski definition) is 3. The Morgan fingerprint density at radius 3 is 2.67 bits per heavy atom. The second-order valence-corrected chi connectivity index (χ2v) is 6.46. The van der Waals surface area contributed by atoms with Gasteiger partial charge in [0.05, 0.1) is 13.2 Å². The van der Waals surface area contributed by atoms with E-state index in [9.17, 15) is 4.79 Å². The van der Waals surface area contributed by atoms with Crippen LogP contribution >= 0.6 is 11.6 Å². The van der Waals surface area contributed by atoms with E-state index in [1.54, 1.807) is 4.90 Å². The molecule has 1 aliphatic heterocycles. The SMILES string of the molecule is Cc1ccc(C(N)C(=O)N2CCOC(c3ccccc3Cl)C2)cc1. The molecule has 1 saturated heterocycles. The van der Waals surface area contributed by atoms with Crippen molar-refractivity contribution in [2.24, 2.45) is 5.73 Å². The van der Waals surface area contributed by atoms with Crippen LogP contribution in [0.25, 0.3) is 0 Å². The smallest absolute Gasteiger partial charge is 0.244 e. The molecule has 1 amide bonds. The van der Waals surface area contributed by atoms with E-state index in [4.69, 9.17) is 22.1 Å². The van der Waals surface area contributed by atoms with Gasteiger partial charge in [-0.1, -0.05) is 59.6 Å². The molecule has 4 nitrogen and oxygen atoms in total. The monoisotopic (exact) mass is 344 g/mol. The number of benzene rings is 2. The Morgan fingerprint density at radius 2 is 1.96 bits per heavy atom. The Morgan fingerprint density at radius 1 is 1.25 bits per heavy atom. The largest absolute Gasteiger partial charge is 0.370 e. The molecule has 2 aromatic carbocycles. The lowest BCUT2D eigenvalue weighted by Gasteiger charge is -2.35. The quantitative estimate of drug-likeness (QED) is 0.929. The Labute approximate surface area is 147 Å². The van der Waals surface area contributed by atoms with Crippen molar-refractivity contribution < 1.29 is 9.53 Å². The summed E-state index contributed by atoms with van der Waals surface area (Å²) in [5, 5.41) is 0.652. The number of carbonyl (C=O) groups excluding carboxylic acids is 1. The molecular formula is C19H21ClN2O2. The fourth-order valence-electron chi connectivity index (χ4n) is 2.89. The first-order valence-electron chi connectivity index (χ1n) is 8.03. The lowest BCUT2D eigenvalue weighted by atomic mass is 10.0. The summed E-state index contributed by atoms with van der Waals surface area (Å²) in [6, 6.07) is 14.7. The second-order valence-electron chi connectivity index (χ2n) is 6.05. The summed E-state index contributed by atoms with van der Waals surface area (Å²) in [5.41, 5.74) is 9.05. The molecule has 2 aromatic rings. The number of ether oxygens (including phenoxy) is 1. The van der Waals surface area contributed by atoms with Crippen molar-refractivity contribution in [3.8, 4) is 0 Å². The number of carbonyl (C=O) groups is 1. The molecule has 1 aliphatic rings. The van der Waals surface area contributed by atoms with E-state index in [2.05, 4.69) is 0 Å². The molecule has 0 saturated carbocycles. The summed E-state index contributed by atoms with van der Waals surface area (Å²) in [7, 11) is 0. The maximum absolute atomic E-state index is 12.8. The van der Waals surface area contributed by atoms with Gasteiger partial charge in [-0.25, -0.2) is 0 Å². The minimum Gasteiger partial charge on any atom is -0.370 e. The Kier molecular flexibility index (Phi) is 5.19. The third-order valence-electron chi connectivity index (χ3n) is 4.33. The molecule has 2 atom stereocenters. The number of amides is 1. The van der Waals surface area contributed by atoms with Crippen LogP contribution in [0, 0.1) is 6.92 Å². The zero-order chi connectivity index (χ0) is 17.1. The van der Waals surface area contributed by atoms with Crippen molar-refractivity contribution in [2.45, 2.75) is 19.1 Å². The molecule has 1 heterocycles. The third-order valence-corrected chi connectivity index (χ3v) is 4.68. The third kappa shape index (κ3) is 3.61. The van der Waals surface area contributed by atoms with Gasteiger partial charge < -0.3 is 15.4 Å². The normalized spacial score (nSPS) is 19.1. The Hall–Kier alpha value is -1.88. The molecule has 3 rings (SSSR count). The number of hydrogen-bond donors (Lipinski definition) is 1. The van der Waals surface area contributed by atoms with Crippen LogP contribution in [0.2, 0.25) is 5.02 Å². The minimum atomic E-state index is -0.657. The zero-order valence-electron chi connectivity index (χ0n) is 13.6. The van der Waals surface area contributed by atoms with Gasteiger partial charge in [-0.15, -0.1) is 0 Å². The fraction of sp³-hybridized carbons (Fsp3) is 0.316. The van der Waals surface area contributed by atoms with E-state index in [0.29, 0.717) is 24.7 Å². The lowest BCUT2D eigenvalue weighted by Crippen LogP contribution is -2.46. The van der Waals surface area contributed by atoms with Crippen LogP contribution in [0.15, 0.2) is 48.5 Å². The van der Waals surface area contributed by atoms with Crippen molar-refractivity contribution in [1.29, 1.82) is 0 Å². The Bertz CT molecular complexity index is 718. The predicted molar refractivity (Wildman–Crippen MR) is 94.8 cm³/mol. The molecule has 0 aliphatic carbocycles. The van der Waals surface area contributed by atoms with Gasteiger partial charge in [0.1, 0.15) is 12.1 Å². The van der Waals surface area contributed by atoms with Crippen LogP contribution in [0.5, 0.6) is 0 Å². The van der Waals surface area contributed by atoms with Gasteiger partial charge in [0.25, 0.3) is 0 Å². The van der Waals surface area contributed by atoms with Crippen molar-refractivity contribution in [1.82, 2.24) is 4.90 Å². The van der Waals surface area contributed by atoms with E-state index in [1.807, 2.05) is 55.5 Å². The second kappa shape index (κ2) is 7.34. The highest BCUT2D eigenvalue weighted by atomic mass is 35.5. The molecule has 126 valence electrons. The number of nitrogens with two attached hydrogens (primary N) is 1. The van der Waals surface area contributed by atoms with Gasteiger partial charge in [-0.3, -0.25) is 4.79 Å². The highest BCUT2D eigenvalue weighted by Crippen LogP contribution is 2.29. The van der Waals surface area contributed by atoms with Crippen LogP contribution in [0.1, 0.15) is 28.8 Å². The molecule has 1 fully saturated rings. The Balaban J connectivity index is 1.73. The average Bonchev–Trinajstić information content (AvgIpc) is 2.61. The van der Waals surface area contributed by atoms with Gasteiger partial charge >= 0.3 is 0 Å². The number of nitrogens with zero attached hydrogens (tertiary/aromatic N) is 1. The molecule has 0 radical (unpaired) electrons. The summed E-state index contributed by atoms with van der Waals surface area (Å²) in [6.45, 7) is 3.48. The van der Waals surface area contributed by atoms with E-state index in [-0.39, 0.29) is 12.0 Å². The number of aryl methyl sites for hydroxylation is 1. The highest BCUT2D eigenvalue weighted by Gasteiger charge is 2.29. The summed E-state index contributed by atoms with van der Waals surface area (Å²) >= 11 is 6.25. The minimum absolute atomic E-state index is 0.0841. The maximum Gasteiger partial charge on any atom is 0.244 e. The van der Waals surface area contributed by atoms with Gasteiger partial charge in [0.2, 0.25) is 5.91 Å². The summed E-state index contributed by atoms with van der Waals surface area (Å²) in [6.07, 6.45) is -0.221. The number of rotatable bonds is 3. The standard InChI is InChI=1S/C19H21ClN2O2/c1-13-6-8-14(9-7-13)18(21)19(23)22-10-11-24-17(12-22)15-4-2-3-5-16(15)20/h2-9,17-18H,10-12,21H2,1H3. The summed E-state index contributed by atoms with van der Waals surface area (Å²) in [4.78, 5) is 14.5. The molecule has 0 bridgehead atoms. The summed E-state index contributed by atoms with van der Waals surface area (Å²) in [5.74, 6) is -0.0841. The first kappa shape index (κ1) is 17.0. The molecule has 2 N–H and O–H groups in total. The van der Waals surface area contributed by atoms with Crippen LogP contribution in [-0.2, 0) is 9.53 Å². The molecule has 24 heavy (non-hydrogen) atoms. The fourth-order valence-corrected chi connectivity index (χ4v) is 3.14. The molecule has 0 aromatic heterocycles. The van der Waals surface area contributed by atoms with Crippen LogP contribution < -0.4 is 5.73 Å². The maximum atomic E-state index is 12.8. The average molecular weight is 345 g/mol. The molecule has 5 heteroatoms. The van der Waals surface area contributed by atoms with Gasteiger partial charge in [0.15, 0.2) is 0 Å². The van der Waals surface area contributed by atoms with Gasteiger partial charge in [0, 0.05) is 17.1 Å². The summed E-state index contributed by atoms with van der Waals surface area (Å²) < 4.78 is 5.81. The lowest BCUT2D eigenvalue weighted by molar-refractivity contribution is -0.140. The first-order valence-corrected chi connectivity index (χ1v) is 8.41. The van der Waals surface area contributed by atoms with Crippen molar-refractivity contribution in [2.75, 3.05) is 19.7 Å². The topological polar surface area (TPSA) is 55.6 Å². The first-order chi connectivity index (χ1) is 11.6. The van der Waals surface area contributed by atoms with E-state index < -0.39 is 6.04 Å². The van der Waals surface area contributed by atoms with Crippen LogP contribution in [0.4, 0.5) is 0 Å².